The van der Waals surface area contributed by atoms with Crippen LogP contribution in [0.15, 0.2) is 71.8 Å². The predicted octanol–water partition coefficient (Wildman–Crippen LogP) is 3.59. The SMILES string of the molecule is COc1cc(C=NNC(=O)CNC(=O)c2ccc(Cl)cc2)ccc1OC(=O)c1cccc(F)c1. The summed E-state index contributed by atoms with van der Waals surface area (Å²) in [5, 5.41) is 6.79. The second-order valence-electron chi connectivity index (χ2n) is 6.79. The van der Waals surface area contributed by atoms with Crippen molar-refractivity contribution >= 4 is 35.6 Å². The fourth-order valence-electron chi connectivity index (χ4n) is 2.71. The van der Waals surface area contributed by atoms with Gasteiger partial charge in [0.2, 0.25) is 0 Å². The highest BCUT2D eigenvalue weighted by atomic mass is 35.5. The van der Waals surface area contributed by atoms with Crippen LogP contribution in [0.25, 0.3) is 0 Å². The Morgan fingerprint density at radius 3 is 2.47 bits per heavy atom. The molecule has 8 nitrogen and oxygen atoms in total. The molecule has 0 unspecified atom stereocenters. The molecule has 34 heavy (non-hydrogen) atoms. The van der Waals surface area contributed by atoms with E-state index >= 15 is 0 Å². The van der Waals surface area contributed by atoms with Crippen molar-refractivity contribution in [1.29, 1.82) is 0 Å². The van der Waals surface area contributed by atoms with Gasteiger partial charge in [-0.15, -0.1) is 0 Å². The molecule has 0 radical (unpaired) electrons. The van der Waals surface area contributed by atoms with Crippen LogP contribution in [0, 0.1) is 5.82 Å². The summed E-state index contributed by atoms with van der Waals surface area (Å²) in [5.74, 6) is -1.90. The van der Waals surface area contributed by atoms with Gasteiger partial charge in [-0.3, -0.25) is 9.59 Å². The van der Waals surface area contributed by atoms with Crippen LogP contribution in [0.3, 0.4) is 0 Å². The molecular weight excluding hydrogens is 465 g/mol. The minimum absolute atomic E-state index is 0.0542. The molecule has 3 rings (SSSR count). The average molecular weight is 484 g/mol. The van der Waals surface area contributed by atoms with Crippen LogP contribution in [0.5, 0.6) is 11.5 Å². The zero-order valence-electron chi connectivity index (χ0n) is 17.9. The van der Waals surface area contributed by atoms with Crippen molar-refractivity contribution in [3.05, 3.63) is 94.3 Å². The number of carbonyl (C=O) groups excluding carboxylic acids is 3. The van der Waals surface area contributed by atoms with E-state index in [1.54, 1.807) is 30.3 Å². The highest BCUT2D eigenvalue weighted by Gasteiger charge is 2.13. The Labute approximate surface area is 199 Å². The lowest BCUT2D eigenvalue weighted by Crippen LogP contribution is -2.34. The molecule has 0 saturated carbocycles. The first-order valence-electron chi connectivity index (χ1n) is 9.87. The molecule has 0 saturated heterocycles. The third-order valence-corrected chi connectivity index (χ3v) is 4.62. The van der Waals surface area contributed by atoms with Gasteiger partial charge in [0.15, 0.2) is 11.5 Å². The summed E-state index contributed by atoms with van der Waals surface area (Å²) < 4.78 is 23.8. The fourth-order valence-corrected chi connectivity index (χ4v) is 2.83. The number of nitrogens with zero attached hydrogens (tertiary/aromatic N) is 1. The number of carbonyl (C=O) groups is 3. The van der Waals surface area contributed by atoms with Crippen LogP contribution in [0.2, 0.25) is 5.02 Å². The minimum Gasteiger partial charge on any atom is -0.493 e. The van der Waals surface area contributed by atoms with Crippen LogP contribution >= 0.6 is 11.6 Å². The van der Waals surface area contributed by atoms with E-state index < -0.39 is 23.6 Å². The van der Waals surface area contributed by atoms with Crippen LogP contribution in [0.1, 0.15) is 26.3 Å². The molecule has 0 aliphatic rings. The lowest BCUT2D eigenvalue weighted by Gasteiger charge is -2.10. The number of benzene rings is 3. The van der Waals surface area contributed by atoms with E-state index in [9.17, 15) is 18.8 Å². The van der Waals surface area contributed by atoms with Crippen LogP contribution in [-0.2, 0) is 4.79 Å². The predicted molar refractivity (Wildman–Crippen MR) is 124 cm³/mol. The molecule has 0 aliphatic heterocycles. The molecule has 0 atom stereocenters. The first-order valence-corrected chi connectivity index (χ1v) is 10.2. The molecule has 0 aromatic heterocycles. The highest BCUT2D eigenvalue weighted by molar-refractivity contribution is 6.30. The number of methoxy groups -OCH3 is 1. The van der Waals surface area contributed by atoms with Crippen molar-refractivity contribution in [1.82, 2.24) is 10.7 Å². The van der Waals surface area contributed by atoms with Gasteiger partial charge in [0, 0.05) is 10.6 Å². The quantitative estimate of drug-likeness (QED) is 0.220. The van der Waals surface area contributed by atoms with Crippen molar-refractivity contribution < 1.29 is 28.2 Å². The Hall–Kier alpha value is -4.24. The molecule has 0 spiro atoms. The van der Waals surface area contributed by atoms with E-state index in [2.05, 4.69) is 15.8 Å². The fraction of sp³-hybridized carbons (Fsp3) is 0.0833. The van der Waals surface area contributed by atoms with Gasteiger partial charge < -0.3 is 14.8 Å². The maximum atomic E-state index is 13.3. The van der Waals surface area contributed by atoms with Crippen molar-refractivity contribution in [2.75, 3.05) is 13.7 Å². The Balaban J connectivity index is 1.54. The monoisotopic (exact) mass is 483 g/mol. The number of nitrogens with one attached hydrogen (secondary N) is 2. The molecule has 3 aromatic rings. The van der Waals surface area contributed by atoms with Gasteiger partial charge in [0.25, 0.3) is 11.8 Å². The topological polar surface area (TPSA) is 106 Å². The summed E-state index contributed by atoms with van der Waals surface area (Å²) in [6.07, 6.45) is 1.35. The smallest absolute Gasteiger partial charge is 0.343 e. The number of hydrazone groups is 1. The number of halogens is 2. The molecule has 10 heteroatoms. The molecule has 2 amide bonds. The summed E-state index contributed by atoms with van der Waals surface area (Å²) in [4.78, 5) is 36.1. The van der Waals surface area contributed by atoms with Gasteiger partial charge in [-0.05, 0) is 66.2 Å². The molecular formula is C24H19ClFN3O5. The van der Waals surface area contributed by atoms with Gasteiger partial charge in [-0.2, -0.15) is 5.10 Å². The Kier molecular flexibility index (Phi) is 8.31. The number of rotatable bonds is 8. The van der Waals surface area contributed by atoms with E-state index in [1.807, 2.05) is 0 Å². The van der Waals surface area contributed by atoms with Gasteiger partial charge in [0.1, 0.15) is 5.82 Å². The third-order valence-electron chi connectivity index (χ3n) is 4.37. The zero-order valence-corrected chi connectivity index (χ0v) is 18.6. The van der Waals surface area contributed by atoms with Gasteiger partial charge in [0.05, 0.1) is 25.4 Å². The van der Waals surface area contributed by atoms with Crippen molar-refractivity contribution in [2.24, 2.45) is 5.10 Å². The Bertz CT molecular complexity index is 1230. The Morgan fingerprint density at radius 2 is 1.76 bits per heavy atom. The molecule has 174 valence electrons. The lowest BCUT2D eigenvalue weighted by molar-refractivity contribution is -0.120. The van der Waals surface area contributed by atoms with E-state index in [4.69, 9.17) is 21.1 Å². The van der Waals surface area contributed by atoms with Crippen molar-refractivity contribution in [2.45, 2.75) is 0 Å². The van der Waals surface area contributed by atoms with Crippen LogP contribution in [0.4, 0.5) is 4.39 Å². The standard InChI is InChI=1S/C24H19ClFN3O5/c1-33-21-11-15(5-10-20(21)34-24(32)17-3-2-4-19(26)12-17)13-28-29-22(30)14-27-23(31)16-6-8-18(25)9-7-16/h2-13H,14H2,1H3,(H,27,31)(H,29,30). The van der Waals surface area contributed by atoms with E-state index in [0.29, 0.717) is 16.1 Å². The summed E-state index contributed by atoms with van der Waals surface area (Å²) in [6, 6.07) is 15.9. The first kappa shape index (κ1) is 24.4. The maximum Gasteiger partial charge on any atom is 0.343 e. The molecule has 2 N–H and O–H groups in total. The Morgan fingerprint density at radius 1 is 1.00 bits per heavy atom. The molecule has 0 heterocycles. The molecule has 0 fully saturated rings. The second kappa shape index (κ2) is 11.6. The average Bonchev–Trinajstić information content (AvgIpc) is 2.83. The van der Waals surface area contributed by atoms with Crippen molar-refractivity contribution in [3.8, 4) is 11.5 Å². The summed E-state index contributed by atoms with van der Waals surface area (Å²) in [7, 11) is 1.39. The van der Waals surface area contributed by atoms with Gasteiger partial charge in [-0.25, -0.2) is 14.6 Å². The number of hydrogen-bond acceptors (Lipinski definition) is 6. The van der Waals surface area contributed by atoms with Crippen LogP contribution in [-0.4, -0.2) is 37.7 Å². The third kappa shape index (κ3) is 6.88. The molecule has 0 aliphatic carbocycles. The number of esters is 1. The van der Waals surface area contributed by atoms with E-state index in [-0.39, 0.29) is 23.6 Å². The highest BCUT2D eigenvalue weighted by Crippen LogP contribution is 2.28. The van der Waals surface area contributed by atoms with E-state index in [1.165, 1.54) is 43.7 Å². The summed E-state index contributed by atoms with van der Waals surface area (Å²) in [6.45, 7) is -0.281. The first-order chi connectivity index (χ1) is 16.4. The van der Waals surface area contributed by atoms with Crippen molar-refractivity contribution in [3.63, 3.8) is 0 Å². The van der Waals surface area contributed by atoms with E-state index in [0.717, 1.165) is 6.07 Å². The molecule has 3 aromatic carbocycles. The van der Waals surface area contributed by atoms with Gasteiger partial charge in [-0.1, -0.05) is 17.7 Å². The minimum atomic E-state index is -0.743. The summed E-state index contributed by atoms with van der Waals surface area (Å²) >= 11 is 5.78. The summed E-state index contributed by atoms with van der Waals surface area (Å²) in [5.41, 5.74) is 3.25. The zero-order chi connectivity index (χ0) is 24.5. The van der Waals surface area contributed by atoms with Gasteiger partial charge >= 0.3 is 5.97 Å². The number of hydrogen-bond donors (Lipinski definition) is 2. The maximum absolute atomic E-state index is 13.3. The number of amides is 2. The number of ether oxygens (including phenoxy) is 2. The van der Waals surface area contributed by atoms with Crippen LogP contribution < -0.4 is 20.2 Å². The largest absolute Gasteiger partial charge is 0.493 e. The molecule has 0 bridgehead atoms. The lowest BCUT2D eigenvalue weighted by atomic mass is 10.2. The second-order valence-corrected chi connectivity index (χ2v) is 7.23. The normalized spacial score (nSPS) is 10.6.